The molecular weight excluding hydrogens is 180 g/mol. The van der Waals surface area contributed by atoms with E-state index in [-0.39, 0.29) is 6.54 Å². The van der Waals surface area contributed by atoms with Crippen LogP contribution in [0.4, 0.5) is 5.82 Å². The van der Waals surface area contributed by atoms with Gasteiger partial charge in [0.05, 0.1) is 6.07 Å². The number of nitrogens with one attached hydrogen (secondary N) is 2. The number of fused-ring (bicyclic) bond motifs is 1. The molecule has 6 heteroatoms. The second-order valence-electron chi connectivity index (χ2n) is 2.75. The predicted octanol–water partition coefficient (Wildman–Crippen LogP) is 0.597. The van der Waals surface area contributed by atoms with Crippen LogP contribution in [0.5, 0.6) is 0 Å². The molecule has 2 aromatic heterocycles. The van der Waals surface area contributed by atoms with Crippen LogP contribution in [0.3, 0.4) is 0 Å². The van der Waals surface area contributed by atoms with Crippen LogP contribution in [0.25, 0.3) is 11.2 Å². The molecule has 2 N–H and O–H groups in total. The number of rotatable bonds is 2. The summed E-state index contributed by atoms with van der Waals surface area (Å²) in [4.78, 5) is 15.2. The lowest BCUT2D eigenvalue weighted by molar-refractivity contribution is 1.15. The largest absolute Gasteiger partial charge is 0.355 e. The Bertz CT molecular complexity index is 494. The second-order valence-corrected chi connectivity index (χ2v) is 2.75. The molecule has 0 saturated carbocycles. The van der Waals surface area contributed by atoms with E-state index in [0.29, 0.717) is 11.5 Å². The minimum Gasteiger partial charge on any atom is -0.355 e. The summed E-state index contributed by atoms with van der Waals surface area (Å²) in [5.74, 6) is 1.39. The molecule has 0 fully saturated rings. The molecule has 0 aromatic carbocycles. The standard InChI is InChI=1S/C8H8N6/c1-5-13-6-7(10-3-2-9)11-4-12-8(6)14-5/h4H,3H2,1H3,(H2,10,11,12,13,14). The maximum atomic E-state index is 8.42. The Morgan fingerprint density at radius 1 is 1.57 bits per heavy atom. The summed E-state index contributed by atoms with van der Waals surface area (Å²) in [6, 6.07) is 1.98. The van der Waals surface area contributed by atoms with Gasteiger partial charge in [0.2, 0.25) is 0 Å². The quantitative estimate of drug-likeness (QED) is 0.673. The highest BCUT2D eigenvalue weighted by atomic mass is 15.1. The predicted molar refractivity (Wildman–Crippen MR) is 50.5 cm³/mol. The fourth-order valence-electron chi connectivity index (χ4n) is 1.20. The smallest absolute Gasteiger partial charge is 0.183 e. The molecule has 0 unspecified atom stereocenters. The van der Waals surface area contributed by atoms with Crippen molar-refractivity contribution in [3.8, 4) is 6.07 Å². The van der Waals surface area contributed by atoms with Gasteiger partial charge in [0.15, 0.2) is 11.5 Å². The molecule has 0 saturated heterocycles. The van der Waals surface area contributed by atoms with E-state index in [9.17, 15) is 0 Å². The molecule has 0 atom stereocenters. The molecule has 2 aromatic rings. The van der Waals surface area contributed by atoms with Gasteiger partial charge in [-0.2, -0.15) is 5.26 Å². The van der Waals surface area contributed by atoms with Gasteiger partial charge in [-0.05, 0) is 6.92 Å². The van der Waals surface area contributed by atoms with E-state index in [2.05, 4.69) is 25.3 Å². The van der Waals surface area contributed by atoms with Gasteiger partial charge < -0.3 is 10.3 Å². The number of anilines is 1. The van der Waals surface area contributed by atoms with E-state index in [1.807, 2.05) is 13.0 Å². The third kappa shape index (κ3) is 1.35. The Morgan fingerprint density at radius 2 is 2.43 bits per heavy atom. The Hall–Kier alpha value is -2.16. The van der Waals surface area contributed by atoms with Crippen LogP contribution >= 0.6 is 0 Å². The summed E-state index contributed by atoms with van der Waals surface area (Å²) in [7, 11) is 0. The van der Waals surface area contributed by atoms with E-state index < -0.39 is 0 Å². The Kier molecular flexibility index (Phi) is 1.99. The number of imidazole rings is 1. The number of H-pyrrole nitrogens is 1. The van der Waals surface area contributed by atoms with Crippen molar-refractivity contribution >= 4 is 17.0 Å². The first-order chi connectivity index (χ1) is 6.81. The van der Waals surface area contributed by atoms with Crippen molar-refractivity contribution < 1.29 is 0 Å². The van der Waals surface area contributed by atoms with E-state index in [0.717, 1.165) is 11.3 Å². The van der Waals surface area contributed by atoms with Crippen LogP contribution in [0.2, 0.25) is 0 Å². The third-order valence-corrected chi connectivity index (χ3v) is 1.74. The minimum absolute atomic E-state index is 0.212. The van der Waals surface area contributed by atoms with E-state index in [4.69, 9.17) is 5.26 Å². The average molecular weight is 188 g/mol. The number of aromatic nitrogens is 4. The molecule has 0 aliphatic rings. The van der Waals surface area contributed by atoms with Crippen LogP contribution in [0.1, 0.15) is 5.82 Å². The van der Waals surface area contributed by atoms with Crippen molar-refractivity contribution in [3.05, 3.63) is 12.2 Å². The maximum absolute atomic E-state index is 8.42. The minimum atomic E-state index is 0.212. The molecule has 70 valence electrons. The van der Waals surface area contributed by atoms with Gasteiger partial charge in [0.1, 0.15) is 24.2 Å². The zero-order valence-electron chi connectivity index (χ0n) is 7.57. The molecule has 0 bridgehead atoms. The molecular formula is C8H8N6. The van der Waals surface area contributed by atoms with Crippen LogP contribution in [0, 0.1) is 18.3 Å². The summed E-state index contributed by atoms with van der Waals surface area (Å²) < 4.78 is 0. The van der Waals surface area contributed by atoms with Gasteiger partial charge in [-0.1, -0.05) is 0 Å². The number of aryl methyl sites for hydroxylation is 1. The number of hydrogen-bond acceptors (Lipinski definition) is 5. The van der Waals surface area contributed by atoms with Gasteiger partial charge in [-0.3, -0.25) is 0 Å². The first-order valence-electron chi connectivity index (χ1n) is 4.09. The monoisotopic (exact) mass is 188 g/mol. The molecule has 0 aliphatic heterocycles. The normalized spacial score (nSPS) is 10.0. The highest BCUT2D eigenvalue weighted by Gasteiger charge is 2.06. The van der Waals surface area contributed by atoms with Gasteiger partial charge in [-0.25, -0.2) is 15.0 Å². The Balaban J connectivity index is 2.48. The zero-order chi connectivity index (χ0) is 9.97. The van der Waals surface area contributed by atoms with Crippen molar-refractivity contribution in [2.75, 3.05) is 11.9 Å². The topological polar surface area (TPSA) is 90.3 Å². The van der Waals surface area contributed by atoms with Crippen LogP contribution < -0.4 is 5.32 Å². The van der Waals surface area contributed by atoms with Crippen LogP contribution in [-0.2, 0) is 0 Å². The summed E-state index contributed by atoms with van der Waals surface area (Å²) >= 11 is 0. The van der Waals surface area contributed by atoms with Gasteiger partial charge >= 0.3 is 0 Å². The molecule has 0 amide bonds. The number of nitriles is 1. The molecule has 14 heavy (non-hydrogen) atoms. The lowest BCUT2D eigenvalue weighted by atomic mass is 10.5. The lowest BCUT2D eigenvalue weighted by Crippen LogP contribution is -2.01. The van der Waals surface area contributed by atoms with E-state index in [1.54, 1.807) is 0 Å². The highest BCUT2D eigenvalue weighted by molar-refractivity contribution is 5.82. The van der Waals surface area contributed by atoms with E-state index in [1.165, 1.54) is 6.33 Å². The molecule has 2 rings (SSSR count). The van der Waals surface area contributed by atoms with Crippen molar-refractivity contribution in [3.63, 3.8) is 0 Å². The summed E-state index contributed by atoms with van der Waals surface area (Å²) in [6.07, 6.45) is 1.42. The number of aromatic amines is 1. The first-order valence-corrected chi connectivity index (χ1v) is 4.09. The van der Waals surface area contributed by atoms with Gasteiger partial charge in [0, 0.05) is 0 Å². The van der Waals surface area contributed by atoms with Crippen molar-refractivity contribution in [2.45, 2.75) is 6.92 Å². The fourth-order valence-corrected chi connectivity index (χ4v) is 1.20. The van der Waals surface area contributed by atoms with Crippen molar-refractivity contribution in [2.24, 2.45) is 0 Å². The van der Waals surface area contributed by atoms with Gasteiger partial charge in [0.25, 0.3) is 0 Å². The van der Waals surface area contributed by atoms with E-state index >= 15 is 0 Å². The zero-order valence-corrected chi connectivity index (χ0v) is 7.57. The summed E-state index contributed by atoms with van der Waals surface area (Å²) in [6.45, 7) is 2.06. The van der Waals surface area contributed by atoms with Crippen molar-refractivity contribution in [1.82, 2.24) is 19.9 Å². The number of nitrogens with zero attached hydrogens (tertiary/aromatic N) is 4. The Labute approximate surface area is 80.0 Å². The SMILES string of the molecule is Cc1nc2ncnc(NCC#N)c2[nH]1. The summed E-state index contributed by atoms with van der Waals surface area (Å²) in [5, 5.41) is 11.3. The molecule has 0 aliphatic carbocycles. The highest BCUT2D eigenvalue weighted by Crippen LogP contribution is 2.15. The van der Waals surface area contributed by atoms with Crippen molar-refractivity contribution in [1.29, 1.82) is 5.26 Å². The molecule has 2 heterocycles. The molecule has 0 radical (unpaired) electrons. The molecule has 0 spiro atoms. The first kappa shape index (κ1) is 8.44. The average Bonchev–Trinajstić information content (AvgIpc) is 2.55. The third-order valence-electron chi connectivity index (χ3n) is 1.74. The second kappa shape index (κ2) is 3.30. The fraction of sp³-hybridized carbons (Fsp3) is 0.250. The maximum Gasteiger partial charge on any atom is 0.183 e. The lowest BCUT2D eigenvalue weighted by Gasteiger charge is -1.99. The summed E-state index contributed by atoms with van der Waals surface area (Å²) in [5.41, 5.74) is 1.35. The van der Waals surface area contributed by atoms with Crippen LogP contribution in [-0.4, -0.2) is 26.5 Å². The van der Waals surface area contributed by atoms with Gasteiger partial charge in [-0.15, -0.1) is 0 Å². The number of hydrogen-bond donors (Lipinski definition) is 2. The Morgan fingerprint density at radius 3 is 3.21 bits per heavy atom. The van der Waals surface area contributed by atoms with Crippen LogP contribution in [0.15, 0.2) is 6.33 Å². The molecule has 6 nitrogen and oxygen atoms in total.